The number of aromatic hydroxyl groups is 4. The monoisotopic (exact) mass is 559 g/mol. The number of fused-ring (bicyclic) bond motifs is 3. The van der Waals surface area contributed by atoms with Gasteiger partial charge in [-0.3, -0.25) is 9.59 Å². The largest absolute Gasteiger partial charge is 0.507 e. The van der Waals surface area contributed by atoms with Crippen LogP contribution >= 0.6 is 0 Å². The van der Waals surface area contributed by atoms with Gasteiger partial charge in [-0.05, 0) is 39.6 Å². The fourth-order valence-corrected chi connectivity index (χ4v) is 6.17. The molecular weight excluding hydrogens is 526 g/mol. The minimum atomic E-state index is -1.86. The predicted octanol–water partition coefficient (Wildman–Crippen LogP) is 1.35. The molecule has 0 amide bonds. The molecule has 1 heterocycles. The molecule has 2 aromatic rings. The Labute approximate surface area is 229 Å². The summed E-state index contributed by atoms with van der Waals surface area (Å²) < 4.78 is 12.1. The topological polar surface area (TPSA) is 197 Å². The van der Waals surface area contributed by atoms with Gasteiger partial charge < -0.3 is 50.1 Å². The first-order valence-corrected chi connectivity index (χ1v) is 13.0. The second-order valence-electron chi connectivity index (χ2n) is 11.0. The Kier molecular flexibility index (Phi) is 6.85. The molecule has 7 atom stereocenters. The summed E-state index contributed by atoms with van der Waals surface area (Å²) in [4.78, 5) is 28.8. The molecule has 12 heteroatoms. The highest BCUT2D eigenvalue weighted by atomic mass is 16.7. The maximum Gasteiger partial charge on any atom is 0.202 e. The molecule has 0 unspecified atom stereocenters. The molecule has 40 heavy (non-hydrogen) atoms. The minimum Gasteiger partial charge on any atom is -0.507 e. The van der Waals surface area contributed by atoms with Crippen LogP contribution in [0.4, 0.5) is 0 Å². The Hall–Kier alpha value is -3.26. The van der Waals surface area contributed by atoms with Crippen molar-refractivity contribution in [2.45, 2.75) is 75.5 Å². The number of likely N-dealkylation sites (N-methyl/N-ethyl adjacent to an activating group) is 1. The SMILES string of the molecule is CC[C@]1(O)C[C@H](O[C@H]2C[C@@H](N(C)C)[C@@H](O)[C@@H](C)O2)c2c(O)c3c(c(O)c2[C@H]1O)C(=O)c1c(O)ccc(O)c1C3=O. The van der Waals surface area contributed by atoms with Crippen molar-refractivity contribution in [3.63, 3.8) is 0 Å². The Morgan fingerprint density at radius 1 is 0.950 bits per heavy atom. The number of phenolic OH excluding ortho intramolecular Hbond substituents is 4. The number of aliphatic hydroxyl groups excluding tert-OH is 2. The number of ketones is 2. The lowest BCUT2D eigenvalue weighted by Gasteiger charge is -2.45. The predicted molar refractivity (Wildman–Crippen MR) is 137 cm³/mol. The van der Waals surface area contributed by atoms with Crippen LogP contribution in [0.5, 0.6) is 23.0 Å². The van der Waals surface area contributed by atoms with Crippen LogP contribution in [0.1, 0.15) is 88.3 Å². The Morgan fingerprint density at radius 2 is 1.48 bits per heavy atom. The van der Waals surface area contributed by atoms with Crippen molar-refractivity contribution >= 4 is 11.6 Å². The molecule has 2 aromatic carbocycles. The van der Waals surface area contributed by atoms with Crippen LogP contribution in [-0.4, -0.2) is 96.4 Å². The van der Waals surface area contributed by atoms with Gasteiger partial charge >= 0.3 is 0 Å². The van der Waals surface area contributed by atoms with Gasteiger partial charge in [0.05, 0.1) is 46.2 Å². The lowest BCUT2D eigenvalue weighted by atomic mass is 9.70. The van der Waals surface area contributed by atoms with E-state index in [9.17, 15) is 45.3 Å². The summed E-state index contributed by atoms with van der Waals surface area (Å²) in [5.41, 5.74) is -4.88. The molecule has 2 aliphatic carbocycles. The molecule has 0 spiro atoms. The summed E-state index contributed by atoms with van der Waals surface area (Å²) in [6.45, 7) is 3.27. The zero-order valence-corrected chi connectivity index (χ0v) is 22.5. The van der Waals surface area contributed by atoms with Crippen molar-refractivity contribution in [2.24, 2.45) is 0 Å². The number of aliphatic hydroxyl groups is 3. The van der Waals surface area contributed by atoms with Gasteiger partial charge in [0.15, 0.2) is 6.29 Å². The minimum absolute atomic E-state index is 0.00388. The van der Waals surface area contributed by atoms with E-state index in [1.807, 2.05) is 4.90 Å². The second-order valence-corrected chi connectivity index (χ2v) is 11.0. The lowest BCUT2D eigenvalue weighted by Crippen LogP contribution is -2.54. The van der Waals surface area contributed by atoms with Crippen molar-refractivity contribution in [1.29, 1.82) is 0 Å². The van der Waals surface area contributed by atoms with E-state index in [0.717, 1.165) is 12.1 Å². The summed E-state index contributed by atoms with van der Waals surface area (Å²) in [6, 6.07) is 1.68. The molecule has 0 radical (unpaired) electrons. The van der Waals surface area contributed by atoms with Gasteiger partial charge in [0, 0.05) is 30.0 Å². The molecular formula is C28H33NO11. The third-order valence-electron chi connectivity index (χ3n) is 8.50. The van der Waals surface area contributed by atoms with E-state index in [2.05, 4.69) is 0 Å². The van der Waals surface area contributed by atoms with Crippen LogP contribution in [0.2, 0.25) is 0 Å². The number of rotatable bonds is 4. The first kappa shape index (κ1) is 28.3. The fourth-order valence-electron chi connectivity index (χ4n) is 6.17. The van der Waals surface area contributed by atoms with E-state index >= 15 is 0 Å². The van der Waals surface area contributed by atoms with E-state index < -0.39 is 98.7 Å². The molecule has 12 nitrogen and oxygen atoms in total. The fraction of sp³-hybridized carbons (Fsp3) is 0.500. The van der Waals surface area contributed by atoms with Crippen LogP contribution in [0.3, 0.4) is 0 Å². The quantitative estimate of drug-likeness (QED) is 0.227. The molecule has 0 saturated carbocycles. The Morgan fingerprint density at radius 3 is 1.98 bits per heavy atom. The molecule has 0 bridgehead atoms. The van der Waals surface area contributed by atoms with Crippen molar-refractivity contribution in [3.8, 4) is 23.0 Å². The maximum absolute atomic E-state index is 13.5. The Bertz CT molecular complexity index is 1410. The van der Waals surface area contributed by atoms with Gasteiger partial charge in [0.2, 0.25) is 11.6 Å². The van der Waals surface area contributed by atoms with Gasteiger partial charge in [-0.15, -0.1) is 0 Å². The molecule has 216 valence electrons. The summed E-state index contributed by atoms with van der Waals surface area (Å²) in [7, 11) is 3.57. The first-order valence-electron chi connectivity index (χ1n) is 13.0. The number of carbonyl (C=O) groups is 2. The molecule has 5 rings (SSSR count). The normalized spacial score (nSPS) is 31.6. The standard InChI is InChI=1S/C28H33NO11/c1-5-28(38)9-14(40-15-8-11(29(3)4)22(32)10(2)39-15)18-21(27(28)37)26(36)20-19(25(18)35)23(33)16-12(30)6-7-13(31)17(16)24(20)34/h6-7,10-11,14-15,22,27,30-32,35-38H,5,8-9H2,1-4H3/t10-,11-,14+,15+,22+,27-,28+/m1/s1. The number of nitrogens with zero attached hydrogens (tertiary/aromatic N) is 1. The van der Waals surface area contributed by atoms with Gasteiger partial charge in [0.1, 0.15) is 29.1 Å². The highest BCUT2D eigenvalue weighted by Gasteiger charge is 2.52. The third kappa shape index (κ3) is 3.98. The van der Waals surface area contributed by atoms with E-state index in [1.165, 1.54) is 0 Å². The van der Waals surface area contributed by atoms with E-state index in [1.54, 1.807) is 27.9 Å². The highest BCUT2D eigenvalue weighted by molar-refractivity contribution is 6.32. The molecule has 0 aromatic heterocycles. The number of benzene rings is 2. The van der Waals surface area contributed by atoms with Crippen molar-refractivity contribution in [3.05, 3.63) is 45.5 Å². The zero-order valence-electron chi connectivity index (χ0n) is 22.5. The maximum atomic E-state index is 13.5. The summed E-state index contributed by atoms with van der Waals surface area (Å²) in [5.74, 6) is -4.96. The number of phenols is 4. The average Bonchev–Trinajstić information content (AvgIpc) is 2.89. The van der Waals surface area contributed by atoms with E-state index in [0.29, 0.717) is 0 Å². The van der Waals surface area contributed by atoms with Gasteiger partial charge in [0.25, 0.3) is 0 Å². The van der Waals surface area contributed by atoms with Gasteiger partial charge in [-0.1, -0.05) is 6.92 Å². The van der Waals surface area contributed by atoms with E-state index in [4.69, 9.17) is 9.47 Å². The Balaban J connectivity index is 1.69. The smallest absolute Gasteiger partial charge is 0.202 e. The lowest BCUT2D eigenvalue weighted by molar-refractivity contribution is -0.261. The summed E-state index contributed by atoms with van der Waals surface area (Å²) in [5, 5.41) is 76.7. The van der Waals surface area contributed by atoms with Crippen LogP contribution in [0, 0.1) is 0 Å². The van der Waals surface area contributed by atoms with Crippen molar-refractivity contribution < 1.29 is 54.8 Å². The number of carbonyl (C=O) groups excluding carboxylic acids is 2. The van der Waals surface area contributed by atoms with Crippen molar-refractivity contribution in [2.75, 3.05) is 14.1 Å². The number of hydrogen-bond acceptors (Lipinski definition) is 12. The molecule has 1 aliphatic heterocycles. The summed E-state index contributed by atoms with van der Waals surface area (Å²) >= 11 is 0. The van der Waals surface area contributed by atoms with Gasteiger partial charge in [-0.25, -0.2) is 0 Å². The number of ether oxygens (including phenoxy) is 2. The third-order valence-corrected chi connectivity index (χ3v) is 8.50. The van der Waals surface area contributed by atoms with Crippen LogP contribution in [0.15, 0.2) is 12.1 Å². The highest BCUT2D eigenvalue weighted by Crippen LogP contribution is 2.56. The second kappa shape index (κ2) is 9.68. The molecule has 1 fully saturated rings. The van der Waals surface area contributed by atoms with Crippen LogP contribution < -0.4 is 0 Å². The first-order chi connectivity index (χ1) is 18.7. The average molecular weight is 560 g/mol. The zero-order chi connectivity index (χ0) is 29.4. The summed E-state index contributed by atoms with van der Waals surface area (Å²) in [6.07, 6.45) is -5.48. The van der Waals surface area contributed by atoms with E-state index in [-0.39, 0.29) is 30.9 Å². The molecule has 1 saturated heterocycles. The number of hydrogen-bond donors (Lipinski definition) is 7. The van der Waals surface area contributed by atoms with Gasteiger partial charge in [-0.2, -0.15) is 0 Å². The van der Waals surface area contributed by atoms with Crippen LogP contribution in [0.25, 0.3) is 0 Å². The van der Waals surface area contributed by atoms with Crippen molar-refractivity contribution in [1.82, 2.24) is 4.90 Å². The molecule has 7 N–H and O–H groups in total. The van der Waals surface area contributed by atoms with Crippen LogP contribution in [-0.2, 0) is 9.47 Å². The molecule has 3 aliphatic rings.